The fourth-order valence-electron chi connectivity index (χ4n) is 3.28. The number of nitrogens with one attached hydrogen (secondary N) is 1. The minimum atomic E-state index is -0.259. The van der Waals surface area contributed by atoms with Crippen LogP contribution in [0.1, 0.15) is 24.0 Å². The molecule has 1 heterocycles. The molecule has 4 heteroatoms. The van der Waals surface area contributed by atoms with Gasteiger partial charge < -0.3 is 14.8 Å². The Hall–Kier alpha value is -3.29. The third-order valence-electron chi connectivity index (χ3n) is 4.99. The smallest absolute Gasteiger partial charge is 0.123 e. The summed E-state index contributed by atoms with van der Waals surface area (Å²) in [7, 11) is 0. The lowest BCUT2D eigenvalue weighted by atomic mass is 10.0. The Labute approximate surface area is 176 Å². The average Bonchev–Trinajstić information content (AvgIpc) is 2.80. The van der Waals surface area contributed by atoms with Crippen molar-refractivity contribution in [2.45, 2.75) is 19.4 Å². The van der Waals surface area contributed by atoms with Crippen molar-refractivity contribution in [3.63, 3.8) is 0 Å². The molecule has 0 saturated carbocycles. The van der Waals surface area contributed by atoms with E-state index in [-0.39, 0.29) is 5.82 Å². The first-order valence-corrected chi connectivity index (χ1v) is 10.2. The molecule has 0 spiro atoms. The highest BCUT2D eigenvalue weighted by atomic mass is 19.1. The monoisotopic (exact) mass is 401 g/mol. The second-order valence-electron chi connectivity index (χ2n) is 7.27. The fourth-order valence-corrected chi connectivity index (χ4v) is 3.28. The van der Waals surface area contributed by atoms with E-state index in [0.717, 1.165) is 54.3 Å². The predicted molar refractivity (Wildman–Crippen MR) is 117 cm³/mol. The highest BCUT2D eigenvalue weighted by Gasteiger charge is 2.11. The molecular formula is C26H24FNO2. The molecule has 1 fully saturated rings. The topological polar surface area (TPSA) is 30.5 Å². The summed E-state index contributed by atoms with van der Waals surface area (Å²) in [6.07, 6.45) is 1.91. The molecule has 3 nitrogen and oxygen atoms in total. The maximum absolute atomic E-state index is 13.2. The van der Waals surface area contributed by atoms with Crippen LogP contribution in [0.4, 0.5) is 15.8 Å². The second kappa shape index (κ2) is 9.96. The summed E-state index contributed by atoms with van der Waals surface area (Å²) in [5.74, 6) is 7.56. The lowest BCUT2D eigenvalue weighted by Gasteiger charge is -2.17. The van der Waals surface area contributed by atoms with Gasteiger partial charge in [-0.05, 0) is 60.9 Å². The number of benzene rings is 3. The summed E-state index contributed by atoms with van der Waals surface area (Å²) in [4.78, 5) is 0. The molecule has 0 radical (unpaired) electrons. The van der Waals surface area contributed by atoms with Crippen LogP contribution in [0.25, 0.3) is 0 Å². The minimum absolute atomic E-state index is 0.259. The first kappa shape index (κ1) is 20.0. The van der Waals surface area contributed by atoms with Gasteiger partial charge in [-0.25, -0.2) is 4.39 Å². The van der Waals surface area contributed by atoms with Crippen molar-refractivity contribution in [2.24, 2.45) is 5.92 Å². The Morgan fingerprint density at radius 2 is 1.73 bits per heavy atom. The molecule has 1 N–H and O–H groups in total. The third-order valence-corrected chi connectivity index (χ3v) is 4.99. The van der Waals surface area contributed by atoms with E-state index >= 15 is 0 Å². The number of ether oxygens (including phenoxy) is 2. The molecule has 0 aliphatic carbocycles. The standard InChI is InChI=1S/C26H24FNO2/c27-23-8-10-24(11-9-23)28-26-13-12-25(30-19-21-4-2-1-3-5-21)18-22(26)7-6-20-14-16-29-17-15-20/h1-5,8-13,18,20,28H,14-17,19H2. The molecule has 0 bridgehead atoms. The minimum Gasteiger partial charge on any atom is -0.489 e. The molecule has 1 aliphatic rings. The van der Waals surface area contributed by atoms with Crippen molar-refractivity contribution < 1.29 is 13.9 Å². The van der Waals surface area contributed by atoms with Crippen LogP contribution in [0, 0.1) is 23.6 Å². The molecule has 0 amide bonds. The van der Waals surface area contributed by atoms with Crippen molar-refractivity contribution in [1.29, 1.82) is 0 Å². The summed E-state index contributed by atoms with van der Waals surface area (Å²) in [5.41, 5.74) is 3.65. The first-order valence-electron chi connectivity index (χ1n) is 10.2. The Balaban J connectivity index is 1.56. The number of hydrogen-bond donors (Lipinski definition) is 1. The largest absolute Gasteiger partial charge is 0.489 e. The van der Waals surface area contributed by atoms with Gasteiger partial charge in [0, 0.05) is 24.8 Å². The zero-order valence-electron chi connectivity index (χ0n) is 16.7. The number of hydrogen-bond acceptors (Lipinski definition) is 3. The van der Waals surface area contributed by atoms with E-state index in [4.69, 9.17) is 9.47 Å². The highest BCUT2D eigenvalue weighted by Crippen LogP contribution is 2.26. The summed E-state index contributed by atoms with van der Waals surface area (Å²) >= 11 is 0. The van der Waals surface area contributed by atoms with E-state index in [0.29, 0.717) is 12.5 Å². The van der Waals surface area contributed by atoms with Crippen molar-refractivity contribution in [1.82, 2.24) is 0 Å². The molecular weight excluding hydrogens is 377 g/mol. The summed E-state index contributed by atoms with van der Waals surface area (Å²) in [5, 5.41) is 3.34. The average molecular weight is 401 g/mol. The van der Waals surface area contributed by atoms with Crippen LogP contribution < -0.4 is 10.1 Å². The maximum Gasteiger partial charge on any atom is 0.123 e. The summed E-state index contributed by atoms with van der Waals surface area (Å²) in [6, 6.07) is 22.2. The fraction of sp³-hybridized carbons (Fsp3) is 0.231. The van der Waals surface area contributed by atoms with Crippen LogP contribution >= 0.6 is 0 Å². The van der Waals surface area contributed by atoms with E-state index < -0.39 is 0 Å². The van der Waals surface area contributed by atoms with Gasteiger partial charge >= 0.3 is 0 Å². The van der Waals surface area contributed by atoms with Gasteiger partial charge in [0.25, 0.3) is 0 Å². The molecule has 0 atom stereocenters. The van der Waals surface area contributed by atoms with E-state index in [1.165, 1.54) is 12.1 Å². The van der Waals surface area contributed by atoms with Gasteiger partial charge in [0.15, 0.2) is 0 Å². The van der Waals surface area contributed by atoms with E-state index in [1.807, 2.05) is 48.5 Å². The molecule has 4 rings (SSSR count). The summed E-state index contributed by atoms with van der Waals surface area (Å²) < 4.78 is 24.6. The Morgan fingerprint density at radius 1 is 0.967 bits per heavy atom. The molecule has 3 aromatic rings. The Morgan fingerprint density at radius 3 is 2.50 bits per heavy atom. The first-order chi connectivity index (χ1) is 14.8. The number of halogens is 1. The van der Waals surface area contributed by atoms with Gasteiger partial charge in [-0.15, -0.1) is 0 Å². The van der Waals surface area contributed by atoms with Crippen molar-refractivity contribution in [3.8, 4) is 17.6 Å². The zero-order chi connectivity index (χ0) is 20.6. The second-order valence-corrected chi connectivity index (χ2v) is 7.27. The number of anilines is 2. The lowest BCUT2D eigenvalue weighted by Crippen LogP contribution is -2.13. The van der Waals surface area contributed by atoms with Crippen LogP contribution in [0.2, 0.25) is 0 Å². The van der Waals surface area contributed by atoms with Gasteiger partial charge in [0.1, 0.15) is 18.2 Å². The zero-order valence-corrected chi connectivity index (χ0v) is 16.7. The Bertz CT molecular complexity index is 1020. The van der Waals surface area contributed by atoms with Gasteiger partial charge in [-0.1, -0.05) is 42.2 Å². The van der Waals surface area contributed by atoms with Crippen LogP contribution in [-0.2, 0) is 11.3 Å². The maximum atomic E-state index is 13.2. The van der Waals surface area contributed by atoms with Crippen molar-refractivity contribution >= 4 is 11.4 Å². The normalized spacial score (nSPS) is 13.9. The quantitative estimate of drug-likeness (QED) is 0.538. The highest BCUT2D eigenvalue weighted by molar-refractivity contribution is 5.68. The molecule has 152 valence electrons. The van der Waals surface area contributed by atoms with Gasteiger partial charge in [0.2, 0.25) is 0 Å². The van der Waals surface area contributed by atoms with Gasteiger partial charge in [-0.3, -0.25) is 0 Å². The van der Waals surface area contributed by atoms with E-state index in [9.17, 15) is 4.39 Å². The summed E-state index contributed by atoms with van der Waals surface area (Å²) in [6.45, 7) is 2.03. The third kappa shape index (κ3) is 5.62. The van der Waals surface area contributed by atoms with Gasteiger partial charge in [-0.2, -0.15) is 0 Å². The van der Waals surface area contributed by atoms with Crippen LogP contribution in [0.5, 0.6) is 5.75 Å². The predicted octanol–water partition coefficient (Wildman–Crippen LogP) is 5.93. The van der Waals surface area contributed by atoms with Crippen LogP contribution in [0.15, 0.2) is 72.8 Å². The molecule has 0 unspecified atom stereocenters. The van der Waals surface area contributed by atoms with Crippen LogP contribution in [-0.4, -0.2) is 13.2 Å². The van der Waals surface area contributed by atoms with Crippen LogP contribution in [0.3, 0.4) is 0 Å². The van der Waals surface area contributed by atoms with Gasteiger partial charge in [0.05, 0.1) is 11.3 Å². The molecule has 3 aromatic carbocycles. The Kier molecular flexibility index (Phi) is 6.64. The van der Waals surface area contributed by atoms with E-state index in [1.54, 1.807) is 12.1 Å². The van der Waals surface area contributed by atoms with E-state index in [2.05, 4.69) is 17.2 Å². The molecule has 1 saturated heterocycles. The van der Waals surface area contributed by atoms with Crippen molar-refractivity contribution in [2.75, 3.05) is 18.5 Å². The molecule has 30 heavy (non-hydrogen) atoms. The number of rotatable bonds is 5. The SMILES string of the molecule is Fc1ccc(Nc2ccc(OCc3ccccc3)cc2C#CC2CCOCC2)cc1. The molecule has 1 aliphatic heterocycles. The lowest BCUT2D eigenvalue weighted by molar-refractivity contribution is 0.0807. The molecule has 0 aromatic heterocycles. The van der Waals surface area contributed by atoms with Crippen molar-refractivity contribution in [3.05, 3.63) is 89.7 Å².